The number of aryl methyl sites for hydroxylation is 1. The van der Waals surface area contributed by atoms with Gasteiger partial charge in [-0.2, -0.15) is 0 Å². The molecule has 0 bridgehead atoms. The molecule has 1 aromatic heterocycles. The molecule has 4 heteroatoms. The minimum absolute atomic E-state index is 0.0417. The third-order valence-corrected chi connectivity index (χ3v) is 4.93. The quantitative estimate of drug-likeness (QED) is 0.758. The lowest BCUT2D eigenvalue weighted by Gasteiger charge is -2.19. The van der Waals surface area contributed by atoms with Crippen LogP contribution in [0.2, 0.25) is 0 Å². The predicted molar refractivity (Wildman–Crippen MR) is 91.1 cm³/mol. The number of nitrogens with zero attached hydrogens (tertiary/aromatic N) is 1. The number of carboxylic acid groups (broad SMARTS) is 1. The normalized spacial score (nSPS) is 11.2. The van der Waals surface area contributed by atoms with Crippen LogP contribution < -0.4 is 0 Å². The summed E-state index contributed by atoms with van der Waals surface area (Å²) < 4.78 is 0. The van der Waals surface area contributed by atoms with Crippen molar-refractivity contribution in [3.8, 4) is 11.1 Å². The first-order valence-corrected chi connectivity index (χ1v) is 7.98. The van der Waals surface area contributed by atoms with Gasteiger partial charge in [0, 0.05) is 10.4 Å². The molecule has 114 valence electrons. The summed E-state index contributed by atoms with van der Waals surface area (Å²) in [5.41, 5.74) is 3.06. The molecule has 0 radical (unpaired) electrons. The van der Waals surface area contributed by atoms with Crippen LogP contribution in [0.1, 0.15) is 47.8 Å². The monoisotopic (exact) mass is 313 g/mol. The van der Waals surface area contributed by atoms with Crippen LogP contribution in [0.15, 0.2) is 24.3 Å². The van der Waals surface area contributed by atoms with Crippen molar-refractivity contribution in [3.63, 3.8) is 0 Å². The molecule has 0 aliphatic heterocycles. The molecule has 0 spiro atoms. The molecule has 22 heavy (non-hydrogen) atoms. The summed E-state index contributed by atoms with van der Waals surface area (Å²) >= 11 is 1.21. The second-order valence-electron chi connectivity index (χ2n) is 6.18. The van der Waals surface area contributed by atoms with Crippen molar-refractivity contribution >= 4 is 23.0 Å². The molecule has 1 aromatic carbocycles. The molecule has 0 aliphatic carbocycles. The Labute approximate surface area is 135 Å². The van der Waals surface area contributed by atoms with Crippen molar-refractivity contribution in [1.29, 1.82) is 0 Å². The number of carbonyl (C=O) groups is 1. The van der Waals surface area contributed by atoms with Gasteiger partial charge in [-0.1, -0.05) is 52.0 Å². The maximum atomic E-state index is 11.5. The lowest BCUT2D eigenvalue weighted by Crippen LogP contribution is -2.10. The van der Waals surface area contributed by atoms with Gasteiger partial charge in [-0.25, -0.2) is 9.64 Å². The molecular weight excluding hydrogens is 294 g/mol. The van der Waals surface area contributed by atoms with Gasteiger partial charge in [0.2, 0.25) is 5.69 Å². The van der Waals surface area contributed by atoms with E-state index >= 15 is 0 Å². The summed E-state index contributed by atoms with van der Waals surface area (Å²) in [7, 11) is 0. The van der Waals surface area contributed by atoms with Crippen molar-refractivity contribution in [2.24, 2.45) is 0 Å². The SMILES string of the molecule is [C-]#[N+]c1c(CC)sc(C(=O)O)c1-c1ccc(C(C)(C)C)cc1. The van der Waals surface area contributed by atoms with Gasteiger partial charge in [0.1, 0.15) is 4.88 Å². The molecule has 0 unspecified atom stereocenters. The Morgan fingerprint density at radius 2 is 1.86 bits per heavy atom. The van der Waals surface area contributed by atoms with Gasteiger partial charge in [-0.3, -0.25) is 0 Å². The fraction of sp³-hybridized carbons (Fsp3) is 0.333. The van der Waals surface area contributed by atoms with Gasteiger partial charge in [0.05, 0.1) is 6.57 Å². The number of rotatable bonds is 3. The molecule has 0 atom stereocenters. The lowest BCUT2D eigenvalue weighted by molar-refractivity contribution is 0.0703. The molecular formula is C18H19NO2S. The highest BCUT2D eigenvalue weighted by atomic mass is 32.1. The Balaban J connectivity index is 2.64. The molecule has 2 rings (SSSR count). The summed E-state index contributed by atoms with van der Waals surface area (Å²) in [6.45, 7) is 15.8. The van der Waals surface area contributed by atoms with Crippen molar-refractivity contribution in [3.05, 3.63) is 51.0 Å². The van der Waals surface area contributed by atoms with Crippen LogP contribution in [-0.4, -0.2) is 11.1 Å². The highest BCUT2D eigenvalue weighted by molar-refractivity contribution is 7.15. The Hall–Kier alpha value is -2.12. The van der Waals surface area contributed by atoms with Crippen LogP contribution in [0.25, 0.3) is 16.0 Å². The first-order chi connectivity index (χ1) is 10.3. The van der Waals surface area contributed by atoms with Gasteiger partial charge < -0.3 is 5.11 Å². The van der Waals surface area contributed by atoms with E-state index in [9.17, 15) is 9.90 Å². The smallest absolute Gasteiger partial charge is 0.345 e. The molecule has 2 aromatic rings. The molecule has 0 saturated carbocycles. The highest BCUT2D eigenvalue weighted by Gasteiger charge is 2.23. The van der Waals surface area contributed by atoms with E-state index in [2.05, 4.69) is 25.6 Å². The summed E-state index contributed by atoms with van der Waals surface area (Å²) in [5.74, 6) is -0.968. The lowest BCUT2D eigenvalue weighted by atomic mass is 9.86. The standard InChI is InChI=1S/C18H19NO2S/c1-6-13-15(19-5)14(16(22-13)17(20)21)11-7-9-12(10-8-11)18(2,3)4/h7-10H,6H2,1-4H3,(H,20,21). The maximum absolute atomic E-state index is 11.5. The molecule has 1 N–H and O–H groups in total. The van der Waals surface area contributed by atoms with Crippen molar-refractivity contribution in [1.82, 2.24) is 0 Å². The largest absolute Gasteiger partial charge is 0.477 e. The van der Waals surface area contributed by atoms with E-state index in [1.165, 1.54) is 16.9 Å². The van der Waals surface area contributed by atoms with E-state index in [1.807, 2.05) is 31.2 Å². The van der Waals surface area contributed by atoms with Gasteiger partial charge >= 0.3 is 5.97 Å². The van der Waals surface area contributed by atoms with Crippen LogP contribution in [0.3, 0.4) is 0 Å². The van der Waals surface area contributed by atoms with Crippen LogP contribution in [0.4, 0.5) is 5.69 Å². The number of benzene rings is 1. The first kappa shape index (κ1) is 16.3. The first-order valence-electron chi connectivity index (χ1n) is 7.17. The van der Waals surface area contributed by atoms with E-state index in [-0.39, 0.29) is 10.3 Å². The highest BCUT2D eigenvalue weighted by Crippen LogP contribution is 2.43. The zero-order valence-electron chi connectivity index (χ0n) is 13.2. The maximum Gasteiger partial charge on any atom is 0.345 e. The Morgan fingerprint density at radius 3 is 2.27 bits per heavy atom. The third-order valence-electron chi connectivity index (χ3n) is 3.62. The fourth-order valence-electron chi connectivity index (χ4n) is 2.38. The Bertz CT molecular complexity index is 743. The fourth-order valence-corrected chi connectivity index (χ4v) is 3.42. The van der Waals surface area contributed by atoms with Gasteiger partial charge in [0.25, 0.3) is 0 Å². The summed E-state index contributed by atoms with van der Waals surface area (Å²) in [5, 5.41) is 9.45. The van der Waals surface area contributed by atoms with Crippen molar-refractivity contribution in [2.75, 3.05) is 0 Å². The average Bonchev–Trinajstić information content (AvgIpc) is 2.85. The van der Waals surface area contributed by atoms with Gasteiger partial charge in [-0.05, 0) is 23.0 Å². The van der Waals surface area contributed by atoms with Crippen LogP contribution in [0, 0.1) is 6.57 Å². The molecule has 0 fully saturated rings. The Kier molecular flexibility index (Phi) is 4.39. The number of carboxylic acids is 1. The molecule has 0 amide bonds. The molecule has 0 aliphatic rings. The van der Waals surface area contributed by atoms with E-state index in [0.29, 0.717) is 17.7 Å². The number of thiophene rings is 1. The Morgan fingerprint density at radius 1 is 1.27 bits per heavy atom. The second kappa shape index (κ2) is 5.94. The summed E-state index contributed by atoms with van der Waals surface area (Å²) in [4.78, 5) is 16.2. The summed E-state index contributed by atoms with van der Waals surface area (Å²) in [6.07, 6.45) is 0.669. The van der Waals surface area contributed by atoms with Crippen LogP contribution >= 0.6 is 11.3 Å². The minimum Gasteiger partial charge on any atom is -0.477 e. The van der Waals surface area contributed by atoms with E-state index < -0.39 is 5.97 Å². The molecule has 0 saturated heterocycles. The number of hydrogen-bond donors (Lipinski definition) is 1. The third kappa shape index (κ3) is 2.90. The van der Waals surface area contributed by atoms with Crippen LogP contribution in [-0.2, 0) is 11.8 Å². The van der Waals surface area contributed by atoms with Gasteiger partial charge in [-0.15, -0.1) is 11.3 Å². The topological polar surface area (TPSA) is 41.7 Å². The molecule has 1 heterocycles. The van der Waals surface area contributed by atoms with E-state index in [4.69, 9.17) is 6.57 Å². The number of hydrogen-bond acceptors (Lipinski definition) is 2. The zero-order valence-corrected chi connectivity index (χ0v) is 14.0. The second-order valence-corrected chi connectivity index (χ2v) is 7.28. The minimum atomic E-state index is -0.968. The van der Waals surface area contributed by atoms with Crippen molar-refractivity contribution < 1.29 is 9.90 Å². The molecule has 3 nitrogen and oxygen atoms in total. The summed E-state index contributed by atoms with van der Waals surface area (Å²) in [6, 6.07) is 7.86. The van der Waals surface area contributed by atoms with Crippen molar-refractivity contribution in [2.45, 2.75) is 39.5 Å². The van der Waals surface area contributed by atoms with Crippen LogP contribution in [0.5, 0.6) is 0 Å². The average molecular weight is 313 g/mol. The van der Waals surface area contributed by atoms with Gasteiger partial charge in [0.15, 0.2) is 0 Å². The zero-order chi connectivity index (χ0) is 16.5. The predicted octanol–water partition coefficient (Wildman–Crippen LogP) is 5.52. The number of aromatic carboxylic acids is 1. The van der Waals surface area contributed by atoms with E-state index in [0.717, 1.165) is 10.4 Å². The van der Waals surface area contributed by atoms with E-state index in [1.54, 1.807) is 0 Å².